The van der Waals surface area contributed by atoms with Gasteiger partial charge in [-0.3, -0.25) is 0 Å². The average Bonchev–Trinajstić information content (AvgIpc) is 1.21. The molecule has 0 bridgehead atoms. The maximum Gasteiger partial charge on any atom is 0.0889 e. The van der Waals surface area contributed by atoms with E-state index in [1.807, 2.05) is 20.8 Å². The van der Waals surface area contributed by atoms with Crippen LogP contribution in [-0.4, -0.2) is 5.54 Å². The number of rotatable bonds is 1. The van der Waals surface area contributed by atoms with Gasteiger partial charge in [-0.2, -0.15) is 0 Å². The third kappa shape index (κ3) is 5.34. The van der Waals surface area contributed by atoms with Crippen molar-refractivity contribution in [3.63, 3.8) is 0 Å². The molecule has 0 aliphatic rings. The Morgan fingerprint density at radius 3 is 1.88 bits per heavy atom. The molecule has 0 atom stereocenters. The molecule has 0 aliphatic heterocycles. The van der Waals surface area contributed by atoms with Crippen LogP contribution in [0.15, 0.2) is 12.4 Å². The molecule has 0 saturated carbocycles. The minimum atomic E-state index is 0.0475. The number of hydrogen-bond acceptors (Lipinski definition) is 2. The van der Waals surface area contributed by atoms with Gasteiger partial charge < -0.3 is 11.1 Å². The standard InChI is InChI=1S/C6H14N2/c1-5(7)8-6(2,3)4/h8H,1,7H2,2-4H3. The van der Waals surface area contributed by atoms with E-state index >= 15 is 0 Å². The van der Waals surface area contributed by atoms with Gasteiger partial charge >= 0.3 is 0 Å². The molecule has 0 aliphatic carbocycles. The van der Waals surface area contributed by atoms with Crippen molar-refractivity contribution in [1.82, 2.24) is 5.32 Å². The van der Waals surface area contributed by atoms with Gasteiger partial charge in [0.15, 0.2) is 0 Å². The zero-order valence-electron chi connectivity index (χ0n) is 5.78. The summed E-state index contributed by atoms with van der Waals surface area (Å²) in [6.07, 6.45) is 0. The molecule has 0 rings (SSSR count). The fourth-order valence-electron chi connectivity index (χ4n) is 0.482. The van der Waals surface area contributed by atoms with Crippen molar-refractivity contribution in [3.8, 4) is 0 Å². The van der Waals surface area contributed by atoms with Crippen LogP contribution < -0.4 is 11.1 Å². The second-order valence-electron chi connectivity index (χ2n) is 2.90. The third-order valence-electron chi connectivity index (χ3n) is 0.536. The van der Waals surface area contributed by atoms with Gasteiger partial charge in [-0.15, -0.1) is 0 Å². The van der Waals surface area contributed by atoms with Gasteiger partial charge in [0.05, 0.1) is 5.82 Å². The zero-order valence-corrected chi connectivity index (χ0v) is 5.78. The lowest BCUT2D eigenvalue weighted by Crippen LogP contribution is -2.37. The van der Waals surface area contributed by atoms with Crippen molar-refractivity contribution < 1.29 is 0 Å². The first-order valence-corrected chi connectivity index (χ1v) is 2.64. The van der Waals surface area contributed by atoms with Crippen molar-refractivity contribution >= 4 is 0 Å². The molecule has 0 aromatic heterocycles. The molecule has 0 fully saturated rings. The summed E-state index contributed by atoms with van der Waals surface area (Å²) in [5, 5.41) is 2.97. The predicted molar refractivity (Wildman–Crippen MR) is 36.2 cm³/mol. The van der Waals surface area contributed by atoms with E-state index in [9.17, 15) is 0 Å². The Hall–Kier alpha value is -0.660. The van der Waals surface area contributed by atoms with Gasteiger partial charge in [-0.1, -0.05) is 6.58 Å². The molecule has 8 heavy (non-hydrogen) atoms. The highest BCUT2D eigenvalue weighted by Gasteiger charge is 2.06. The van der Waals surface area contributed by atoms with Gasteiger partial charge in [0.25, 0.3) is 0 Å². The largest absolute Gasteiger partial charge is 0.386 e. The SMILES string of the molecule is C=C(N)NC(C)(C)C. The van der Waals surface area contributed by atoms with E-state index in [4.69, 9.17) is 5.73 Å². The Bertz CT molecular complexity index is 89.2. The van der Waals surface area contributed by atoms with Crippen LogP contribution in [0.3, 0.4) is 0 Å². The maximum absolute atomic E-state index is 5.27. The Balaban J connectivity index is 3.55. The van der Waals surface area contributed by atoms with Crippen LogP contribution in [0, 0.1) is 0 Å². The fraction of sp³-hybridized carbons (Fsp3) is 0.667. The van der Waals surface area contributed by atoms with E-state index in [0.29, 0.717) is 5.82 Å². The van der Waals surface area contributed by atoms with E-state index < -0.39 is 0 Å². The monoisotopic (exact) mass is 114 g/mol. The summed E-state index contributed by atoms with van der Waals surface area (Å²) in [7, 11) is 0. The van der Waals surface area contributed by atoms with Crippen LogP contribution in [-0.2, 0) is 0 Å². The first kappa shape index (κ1) is 7.34. The number of nitrogens with two attached hydrogens (primary N) is 1. The topological polar surface area (TPSA) is 38.0 Å². The first-order valence-electron chi connectivity index (χ1n) is 2.64. The van der Waals surface area contributed by atoms with Crippen molar-refractivity contribution in [2.75, 3.05) is 0 Å². The Morgan fingerprint density at radius 1 is 1.50 bits per heavy atom. The Morgan fingerprint density at radius 2 is 1.88 bits per heavy atom. The van der Waals surface area contributed by atoms with Gasteiger partial charge in [0, 0.05) is 5.54 Å². The first-order chi connectivity index (χ1) is 3.42. The summed E-state index contributed by atoms with van der Waals surface area (Å²) in [5.41, 5.74) is 5.32. The Labute approximate surface area is 50.8 Å². The minimum absolute atomic E-state index is 0.0475. The quantitative estimate of drug-likeness (QED) is 0.529. The molecule has 2 nitrogen and oxygen atoms in total. The highest BCUT2D eigenvalue weighted by atomic mass is 15.0. The molecule has 0 heterocycles. The maximum atomic E-state index is 5.27. The molecule has 0 aromatic rings. The Kier molecular flexibility index (Phi) is 1.90. The van der Waals surface area contributed by atoms with Crippen LogP contribution in [0.1, 0.15) is 20.8 Å². The summed E-state index contributed by atoms with van der Waals surface area (Å²) < 4.78 is 0. The summed E-state index contributed by atoms with van der Waals surface area (Å²) >= 11 is 0. The second kappa shape index (κ2) is 2.07. The van der Waals surface area contributed by atoms with Crippen molar-refractivity contribution in [1.29, 1.82) is 0 Å². The molecule has 48 valence electrons. The van der Waals surface area contributed by atoms with Crippen LogP contribution in [0.25, 0.3) is 0 Å². The zero-order chi connectivity index (χ0) is 6.78. The lowest BCUT2D eigenvalue weighted by atomic mass is 10.1. The average molecular weight is 114 g/mol. The third-order valence-corrected chi connectivity index (χ3v) is 0.536. The van der Waals surface area contributed by atoms with Crippen LogP contribution in [0.2, 0.25) is 0 Å². The highest BCUT2D eigenvalue weighted by molar-refractivity contribution is 4.89. The van der Waals surface area contributed by atoms with Gasteiger partial charge in [0.1, 0.15) is 0 Å². The van der Waals surface area contributed by atoms with Crippen molar-refractivity contribution in [2.24, 2.45) is 5.73 Å². The van der Waals surface area contributed by atoms with E-state index in [-0.39, 0.29) is 5.54 Å². The molecule has 0 spiro atoms. The number of nitrogens with one attached hydrogen (secondary N) is 1. The minimum Gasteiger partial charge on any atom is -0.386 e. The van der Waals surface area contributed by atoms with Crippen molar-refractivity contribution in [3.05, 3.63) is 12.4 Å². The molecule has 0 amide bonds. The van der Waals surface area contributed by atoms with Crippen molar-refractivity contribution in [2.45, 2.75) is 26.3 Å². The van der Waals surface area contributed by atoms with Crippen LogP contribution >= 0.6 is 0 Å². The molecule has 0 saturated heterocycles. The van der Waals surface area contributed by atoms with Crippen LogP contribution in [0.4, 0.5) is 0 Å². The summed E-state index contributed by atoms with van der Waals surface area (Å²) in [4.78, 5) is 0. The summed E-state index contributed by atoms with van der Waals surface area (Å²) in [6.45, 7) is 9.61. The van der Waals surface area contributed by atoms with E-state index in [2.05, 4.69) is 11.9 Å². The molecular weight excluding hydrogens is 100 g/mol. The molecule has 3 N–H and O–H groups in total. The summed E-state index contributed by atoms with van der Waals surface area (Å²) in [5.74, 6) is 0.525. The lowest BCUT2D eigenvalue weighted by Gasteiger charge is -2.20. The van der Waals surface area contributed by atoms with Crippen LogP contribution in [0.5, 0.6) is 0 Å². The lowest BCUT2D eigenvalue weighted by molar-refractivity contribution is 0.471. The molecular formula is C6H14N2. The molecule has 0 radical (unpaired) electrons. The van der Waals surface area contributed by atoms with E-state index in [0.717, 1.165) is 0 Å². The normalized spacial score (nSPS) is 10.9. The fourth-order valence-corrected chi connectivity index (χ4v) is 0.482. The molecule has 2 heteroatoms. The second-order valence-corrected chi connectivity index (χ2v) is 2.90. The van der Waals surface area contributed by atoms with E-state index in [1.165, 1.54) is 0 Å². The van der Waals surface area contributed by atoms with Gasteiger partial charge in [0.2, 0.25) is 0 Å². The number of hydrogen-bond donors (Lipinski definition) is 2. The highest BCUT2D eigenvalue weighted by Crippen LogP contribution is 1.98. The predicted octanol–water partition coefficient (Wildman–Crippen LogP) is 0.804. The molecule has 0 unspecified atom stereocenters. The van der Waals surface area contributed by atoms with Gasteiger partial charge in [-0.05, 0) is 20.8 Å². The van der Waals surface area contributed by atoms with Gasteiger partial charge in [-0.25, -0.2) is 0 Å². The molecule has 0 aromatic carbocycles. The van der Waals surface area contributed by atoms with E-state index in [1.54, 1.807) is 0 Å². The summed E-state index contributed by atoms with van der Waals surface area (Å²) in [6, 6.07) is 0. The smallest absolute Gasteiger partial charge is 0.0889 e.